The number of carbonyl (C=O) groups is 3. The number of hydrogen-bond acceptors (Lipinski definition) is 6. The van der Waals surface area contributed by atoms with Crippen LogP contribution in [0.25, 0.3) is 0 Å². The first-order chi connectivity index (χ1) is 15.7. The number of carboxylic acid groups (broad SMARTS) is 2. The van der Waals surface area contributed by atoms with Gasteiger partial charge < -0.3 is 25.6 Å². The number of carbonyl (C=O) groups excluding carboxylic acids is 1. The molecule has 0 aliphatic carbocycles. The Hall–Kier alpha value is -2.94. The van der Waals surface area contributed by atoms with Crippen LogP contribution in [0.15, 0.2) is 24.5 Å². The van der Waals surface area contributed by atoms with E-state index in [0.29, 0.717) is 12.1 Å². The minimum absolute atomic E-state index is 0.0182. The predicted octanol–water partition coefficient (Wildman–Crippen LogP) is 2.38. The second-order valence-electron chi connectivity index (χ2n) is 7.29. The topological polar surface area (TPSA) is 138 Å². The fourth-order valence-electron chi connectivity index (χ4n) is 3.11. The Morgan fingerprint density at radius 3 is 2.03 bits per heavy atom. The number of nitrogens with one attached hydrogen (secondary N) is 2. The van der Waals surface area contributed by atoms with Crippen LogP contribution in [0.1, 0.15) is 36.0 Å². The summed E-state index contributed by atoms with van der Waals surface area (Å²) in [4.78, 5) is 33.7. The molecule has 1 amide bonds. The fourth-order valence-corrected chi connectivity index (χ4v) is 3.11. The van der Waals surface area contributed by atoms with Crippen LogP contribution in [0.4, 0.5) is 26.3 Å². The van der Waals surface area contributed by atoms with Gasteiger partial charge in [-0.3, -0.25) is 9.78 Å². The van der Waals surface area contributed by atoms with Gasteiger partial charge in [-0.05, 0) is 44.4 Å². The maximum atomic E-state index is 12.0. The predicted molar refractivity (Wildman–Crippen MR) is 103 cm³/mol. The lowest BCUT2D eigenvalue weighted by Crippen LogP contribution is -2.46. The molecule has 3 rings (SSSR count). The lowest BCUT2D eigenvalue weighted by molar-refractivity contribution is -0.193. The quantitative estimate of drug-likeness (QED) is 0.462. The molecule has 9 nitrogen and oxygen atoms in total. The first-order valence-corrected chi connectivity index (χ1v) is 9.83. The first kappa shape index (κ1) is 29.1. The summed E-state index contributed by atoms with van der Waals surface area (Å²) in [7, 11) is 0. The second-order valence-corrected chi connectivity index (χ2v) is 7.29. The number of aromatic nitrogens is 1. The molecular formula is C19H23F6N3O6. The van der Waals surface area contributed by atoms with Crippen molar-refractivity contribution in [3.05, 3.63) is 30.1 Å². The average molecular weight is 503 g/mol. The number of hydrogen-bond donors (Lipinski definition) is 4. The van der Waals surface area contributed by atoms with Gasteiger partial charge in [0.25, 0.3) is 5.91 Å². The monoisotopic (exact) mass is 503 g/mol. The molecule has 15 heteroatoms. The summed E-state index contributed by atoms with van der Waals surface area (Å²) >= 11 is 0. The van der Waals surface area contributed by atoms with Crippen molar-refractivity contribution in [1.29, 1.82) is 0 Å². The zero-order valence-electron chi connectivity index (χ0n) is 17.6. The lowest BCUT2D eigenvalue weighted by Gasteiger charge is -2.38. The van der Waals surface area contributed by atoms with Crippen molar-refractivity contribution < 1.29 is 55.7 Å². The zero-order valence-corrected chi connectivity index (χ0v) is 17.6. The third-order valence-corrected chi connectivity index (χ3v) is 4.70. The van der Waals surface area contributed by atoms with Gasteiger partial charge in [0, 0.05) is 31.0 Å². The largest absolute Gasteiger partial charge is 0.490 e. The summed E-state index contributed by atoms with van der Waals surface area (Å²) in [6, 6.07) is 3.44. The van der Waals surface area contributed by atoms with Crippen molar-refractivity contribution >= 4 is 17.8 Å². The molecule has 192 valence electrons. The summed E-state index contributed by atoms with van der Waals surface area (Å²) in [5, 5.41) is 20.6. The van der Waals surface area contributed by atoms with E-state index in [1.807, 2.05) is 0 Å². The molecule has 0 bridgehead atoms. The third-order valence-electron chi connectivity index (χ3n) is 4.70. The van der Waals surface area contributed by atoms with E-state index in [1.54, 1.807) is 24.5 Å². The Labute approximate surface area is 189 Å². The average Bonchev–Trinajstić information content (AvgIpc) is 3.19. The molecule has 2 aliphatic rings. The van der Waals surface area contributed by atoms with Crippen LogP contribution in [-0.4, -0.2) is 76.7 Å². The molecule has 1 aromatic rings. The highest BCUT2D eigenvalue weighted by Crippen LogP contribution is 2.33. The highest BCUT2D eigenvalue weighted by Gasteiger charge is 2.40. The van der Waals surface area contributed by atoms with Crippen molar-refractivity contribution in [2.75, 3.05) is 19.6 Å². The maximum Gasteiger partial charge on any atom is 0.490 e. The van der Waals surface area contributed by atoms with Crippen molar-refractivity contribution in [1.82, 2.24) is 15.6 Å². The van der Waals surface area contributed by atoms with E-state index in [4.69, 9.17) is 24.5 Å². The number of amides is 1. The van der Waals surface area contributed by atoms with Crippen LogP contribution in [0.3, 0.4) is 0 Å². The molecule has 2 saturated heterocycles. The number of ether oxygens (including phenoxy) is 1. The van der Waals surface area contributed by atoms with Gasteiger partial charge in [0.1, 0.15) is 0 Å². The molecular weight excluding hydrogens is 480 g/mol. The van der Waals surface area contributed by atoms with Gasteiger partial charge in [-0.15, -0.1) is 0 Å². The van der Waals surface area contributed by atoms with Gasteiger partial charge in [0.05, 0.1) is 11.7 Å². The molecule has 3 heterocycles. The zero-order chi connectivity index (χ0) is 26.0. The van der Waals surface area contributed by atoms with Gasteiger partial charge in [-0.25, -0.2) is 9.59 Å². The summed E-state index contributed by atoms with van der Waals surface area (Å²) in [5.41, 5.74) is 0.665. The highest BCUT2D eigenvalue weighted by molar-refractivity contribution is 5.93. The van der Waals surface area contributed by atoms with Gasteiger partial charge in [-0.1, -0.05) is 0 Å². The Balaban J connectivity index is 0.000000343. The molecule has 34 heavy (non-hydrogen) atoms. The molecule has 0 aromatic carbocycles. The molecule has 2 atom stereocenters. The number of rotatable bonds is 3. The van der Waals surface area contributed by atoms with Crippen LogP contribution >= 0.6 is 0 Å². The number of nitrogens with zero attached hydrogens (tertiary/aromatic N) is 1. The van der Waals surface area contributed by atoms with E-state index in [1.165, 1.54) is 6.42 Å². The van der Waals surface area contributed by atoms with E-state index in [9.17, 15) is 31.1 Å². The summed E-state index contributed by atoms with van der Waals surface area (Å²) in [5.74, 6) is -5.57. The number of aliphatic carboxylic acids is 2. The van der Waals surface area contributed by atoms with Crippen LogP contribution in [0.2, 0.25) is 0 Å². The Morgan fingerprint density at radius 1 is 1.06 bits per heavy atom. The Morgan fingerprint density at radius 2 is 1.59 bits per heavy atom. The number of alkyl halides is 6. The van der Waals surface area contributed by atoms with Crippen LogP contribution in [-0.2, 0) is 14.3 Å². The minimum Gasteiger partial charge on any atom is -0.475 e. The third kappa shape index (κ3) is 10.3. The summed E-state index contributed by atoms with van der Waals surface area (Å²) in [6.07, 6.45) is -2.35. The van der Waals surface area contributed by atoms with Gasteiger partial charge in [0.2, 0.25) is 0 Å². The van der Waals surface area contributed by atoms with Gasteiger partial charge in [0.15, 0.2) is 0 Å². The molecule has 1 aromatic heterocycles. The lowest BCUT2D eigenvalue weighted by atomic mass is 9.90. The van der Waals surface area contributed by atoms with E-state index < -0.39 is 24.3 Å². The molecule has 0 saturated carbocycles. The number of carboxylic acids is 2. The minimum atomic E-state index is -5.08. The van der Waals surface area contributed by atoms with Gasteiger partial charge in [-0.2, -0.15) is 26.3 Å². The van der Waals surface area contributed by atoms with Crippen LogP contribution in [0, 0.1) is 0 Å². The maximum absolute atomic E-state index is 12.0. The Kier molecular flexibility index (Phi) is 10.7. The fraction of sp³-hybridized carbons (Fsp3) is 0.579. The van der Waals surface area contributed by atoms with E-state index >= 15 is 0 Å². The number of pyridine rings is 1. The van der Waals surface area contributed by atoms with E-state index in [-0.39, 0.29) is 17.6 Å². The molecule has 1 spiro atoms. The summed E-state index contributed by atoms with van der Waals surface area (Å²) in [6.45, 7) is 2.57. The molecule has 2 fully saturated rings. The summed E-state index contributed by atoms with van der Waals surface area (Å²) < 4.78 is 69.7. The van der Waals surface area contributed by atoms with Crippen LogP contribution in [0.5, 0.6) is 0 Å². The number of halogens is 6. The van der Waals surface area contributed by atoms with Crippen molar-refractivity contribution in [3.8, 4) is 0 Å². The highest BCUT2D eigenvalue weighted by atomic mass is 19.4. The molecule has 2 aliphatic heterocycles. The van der Waals surface area contributed by atoms with E-state index in [0.717, 1.165) is 32.4 Å². The SMILES string of the molecule is O=C(NC[C@@H]1CCC[C@]2(CCNC2)O1)c1ccncc1.O=C(O)C(F)(F)F.O=C(O)C(F)(F)F. The molecule has 4 N–H and O–H groups in total. The van der Waals surface area contributed by atoms with E-state index in [2.05, 4.69) is 15.6 Å². The van der Waals surface area contributed by atoms with Gasteiger partial charge >= 0.3 is 24.3 Å². The van der Waals surface area contributed by atoms with Crippen LogP contribution < -0.4 is 10.6 Å². The smallest absolute Gasteiger partial charge is 0.475 e. The first-order valence-electron chi connectivity index (χ1n) is 9.83. The molecule has 0 unspecified atom stereocenters. The van der Waals surface area contributed by atoms with Crippen molar-refractivity contribution in [2.45, 2.75) is 49.7 Å². The molecule has 0 radical (unpaired) electrons. The van der Waals surface area contributed by atoms with Crippen molar-refractivity contribution in [3.63, 3.8) is 0 Å². The second kappa shape index (κ2) is 12.5. The standard InChI is InChI=1S/C15H21N3O2.2C2HF3O2/c19-14(12-3-7-16-8-4-12)18-10-13-2-1-5-15(20-13)6-9-17-11-15;2*3-2(4,5)1(6)7/h3-4,7-8,13,17H,1-2,5-6,9-11H2,(H,18,19);2*(H,6,7)/t13-,15+;;/m0../s1. The Bertz CT molecular complexity index is 789. The normalized spacial score (nSPS) is 22.0. The van der Waals surface area contributed by atoms with Crippen molar-refractivity contribution in [2.24, 2.45) is 0 Å².